The fourth-order valence-electron chi connectivity index (χ4n) is 6.25. The lowest BCUT2D eigenvalue weighted by Crippen LogP contribution is -2.54. The Bertz CT molecular complexity index is 1870. The van der Waals surface area contributed by atoms with Crippen molar-refractivity contribution in [3.05, 3.63) is 89.8 Å². The number of aromatic nitrogens is 2. The largest absolute Gasteiger partial charge is 0.497 e. The van der Waals surface area contributed by atoms with Crippen LogP contribution in [0.1, 0.15) is 24.3 Å². The topological polar surface area (TPSA) is 83.4 Å². The molecule has 0 saturated carbocycles. The number of nitrogens with zero attached hydrogens (tertiary/aromatic N) is 6. The molecule has 9 nitrogen and oxygen atoms in total. The number of carbonyl (C=O) groups excluding carboxylic acids is 1. The van der Waals surface area contributed by atoms with E-state index in [-0.39, 0.29) is 18.4 Å². The zero-order valence-electron chi connectivity index (χ0n) is 26.2. The molecule has 4 heterocycles. The molecule has 2 aliphatic rings. The minimum atomic E-state index is -0.363. The maximum absolute atomic E-state index is 13.3. The first-order valence-electron chi connectivity index (χ1n) is 15.6. The maximum Gasteiger partial charge on any atom is 0.308 e. The van der Waals surface area contributed by atoms with E-state index < -0.39 is 0 Å². The van der Waals surface area contributed by atoms with Crippen LogP contribution < -0.4 is 9.64 Å². The van der Waals surface area contributed by atoms with Crippen molar-refractivity contribution >= 4 is 44.9 Å². The molecule has 1 saturated heterocycles. The van der Waals surface area contributed by atoms with Gasteiger partial charge in [-0.3, -0.25) is 4.79 Å². The molecule has 10 heteroatoms. The molecule has 1 unspecified atom stereocenters. The summed E-state index contributed by atoms with van der Waals surface area (Å²) in [4.78, 5) is 27.5. The number of hydrogen-bond acceptors (Lipinski definition) is 10. The van der Waals surface area contributed by atoms with Crippen LogP contribution in [0.5, 0.6) is 5.75 Å². The van der Waals surface area contributed by atoms with Crippen molar-refractivity contribution in [3.8, 4) is 28.1 Å². The molecular weight excluding hydrogens is 597 g/mol. The van der Waals surface area contributed by atoms with E-state index >= 15 is 0 Å². The second-order valence-corrected chi connectivity index (χ2v) is 12.5. The highest BCUT2D eigenvalue weighted by atomic mass is 32.1. The number of esters is 1. The zero-order chi connectivity index (χ0) is 31.6. The van der Waals surface area contributed by atoms with Crippen LogP contribution in [0.15, 0.2) is 89.9 Å². The predicted octanol–water partition coefficient (Wildman–Crippen LogP) is 6.78. The molecule has 0 radical (unpaired) electrons. The molecule has 5 aromatic rings. The lowest BCUT2D eigenvalue weighted by Gasteiger charge is -2.43. The predicted molar refractivity (Wildman–Crippen MR) is 184 cm³/mol. The molecule has 2 aliphatic heterocycles. The number of hydrogen-bond donors (Lipinski definition) is 0. The minimum absolute atomic E-state index is 0.159. The van der Waals surface area contributed by atoms with Gasteiger partial charge in [-0.05, 0) is 43.8 Å². The summed E-state index contributed by atoms with van der Waals surface area (Å²) in [7, 11) is 3.81. The quantitative estimate of drug-likeness (QED) is 0.182. The first-order chi connectivity index (χ1) is 22.6. The van der Waals surface area contributed by atoms with Gasteiger partial charge in [-0.2, -0.15) is 0 Å². The van der Waals surface area contributed by atoms with E-state index in [0.29, 0.717) is 6.61 Å². The van der Waals surface area contributed by atoms with Crippen LogP contribution in [0.3, 0.4) is 0 Å². The molecule has 0 N–H and O–H groups in total. The summed E-state index contributed by atoms with van der Waals surface area (Å²) in [6.45, 7) is 5.60. The van der Waals surface area contributed by atoms with Crippen LogP contribution in [0.4, 0.5) is 11.4 Å². The number of likely N-dealkylation sites (N-methyl/N-ethyl adjacent to an activating group) is 1. The molecule has 0 aliphatic carbocycles. The smallest absolute Gasteiger partial charge is 0.308 e. The van der Waals surface area contributed by atoms with E-state index in [9.17, 15) is 4.79 Å². The van der Waals surface area contributed by atoms with Crippen molar-refractivity contribution in [2.24, 2.45) is 4.99 Å². The van der Waals surface area contributed by atoms with Crippen LogP contribution in [-0.4, -0.2) is 78.9 Å². The monoisotopic (exact) mass is 632 g/mol. The lowest BCUT2D eigenvalue weighted by atomic mass is 9.95. The van der Waals surface area contributed by atoms with E-state index in [2.05, 4.69) is 46.0 Å². The zero-order valence-corrected chi connectivity index (χ0v) is 27.0. The number of guanidine groups is 1. The molecule has 7 rings (SSSR count). The van der Waals surface area contributed by atoms with Crippen LogP contribution in [0.25, 0.3) is 32.6 Å². The maximum atomic E-state index is 13.3. The highest BCUT2D eigenvalue weighted by Crippen LogP contribution is 2.52. The molecule has 0 bridgehead atoms. The normalized spacial score (nSPS) is 16.7. The van der Waals surface area contributed by atoms with Crippen LogP contribution in [0.2, 0.25) is 0 Å². The van der Waals surface area contributed by atoms with E-state index in [1.165, 1.54) is 0 Å². The SMILES string of the molecule is CCOC(=O)CC1c2sc3nnc(-c4ccccc4)c(-c4ccccc4)c3c2N=C(N2CCN(C)CC2)N1c1ccc(OC)cc1. The van der Waals surface area contributed by atoms with E-state index in [0.717, 1.165) is 86.7 Å². The highest BCUT2D eigenvalue weighted by Gasteiger charge is 2.40. The molecule has 1 atom stereocenters. The van der Waals surface area contributed by atoms with Gasteiger partial charge in [-0.15, -0.1) is 21.5 Å². The van der Waals surface area contributed by atoms with Gasteiger partial charge in [0.2, 0.25) is 5.96 Å². The minimum Gasteiger partial charge on any atom is -0.497 e. The Kier molecular flexibility index (Phi) is 8.38. The van der Waals surface area contributed by atoms with E-state index in [1.807, 2.05) is 67.6 Å². The Hall–Kier alpha value is -4.80. The second kappa shape index (κ2) is 12.9. The van der Waals surface area contributed by atoms with Crippen molar-refractivity contribution in [1.29, 1.82) is 0 Å². The summed E-state index contributed by atoms with van der Waals surface area (Å²) in [5.74, 6) is 1.32. The second-order valence-electron chi connectivity index (χ2n) is 11.4. The Balaban J connectivity index is 1.51. The first-order valence-corrected chi connectivity index (χ1v) is 16.4. The number of piperazine rings is 1. The van der Waals surface area contributed by atoms with Gasteiger partial charge < -0.3 is 24.2 Å². The fraction of sp³-hybridized carbons (Fsp3) is 0.278. The average molecular weight is 633 g/mol. The Morgan fingerprint density at radius 1 is 0.891 bits per heavy atom. The number of fused-ring (bicyclic) bond motifs is 3. The number of carbonyl (C=O) groups is 1. The lowest BCUT2D eigenvalue weighted by molar-refractivity contribution is -0.143. The Morgan fingerprint density at radius 2 is 1.57 bits per heavy atom. The fourth-order valence-corrected chi connectivity index (χ4v) is 7.41. The van der Waals surface area contributed by atoms with Crippen molar-refractivity contribution < 1.29 is 14.3 Å². The number of aliphatic imine (C=N–C) groups is 1. The van der Waals surface area contributed by atoms with Gasteiger partial charge in [0.25, 0.3) is 0 Å². The standard InChI is InChI=1S/C36H36N6O3S/c1-4-45-29(43)23-28-34-33(37-36(41-21-19-40(2)20-22-41)42(28)26-15-17-27(44-3)18-16-26)31-30(24-11-7-5-8-12-24)32(38-39-35(31)46-34)25-13-9-6-10-14-25/h5-18,28H,4,19-23H2,1-3H3. The van der Waals surface area contributed by atoms with Crippen molar-refractivity contribution in [1.82, 2.24) is 20.0 Å². The number of rotatable bonds is 7. The number of methoxy groups -OCH3 is 1. The van der Waals surface area contributed by atoms with Crippen molar-refractivity contribution in [2.75, 3.05) is 51.8 Å². The molecule has 0 amide bonds. The third kappa shape index (κ3) is 5.59. The molecule has 1 fully saturated rings. The number of benzene rings is 3. The molecule has 0 spiro atoms. The van der Waals surface area contributed by atoms with Gasteiger partial charge in [0, 0.05) is 48.4 Å². The summed E-state index contributed by atoms with van der Waals surface area (Å²) >= 11 is 1.55. The van der Waals surface area contributed by atoms with Gasteiger partial charge in [0.15, 0.2) is 0 Å². The summed E-state index contributed by atoms with van der Waals surface area (Å²) in [6.07, 6.45) is 0.159. The number of ether oxygens (including phenoxy) is 2. The van der Waals surface area contributed by atoms with E-state index in [4.69, 9.17) is 24.7 Å². The van der Waals surface area contributed by atoms with E-state index in [1.54, 1.807) is 18.4 Å². The molecule has 234 valence electrons. The average Bonchev–Trinajstić information content (AvgIpc) is 3.48. The summed E-state index contributed by atoms with van der Waals surface area (Å²) < 4.78 is 11.0. The van der Waals surface area contributed by atoms with Crippen LogP contribution >= 0.6 is 11.3 Å². The summed E-state index contributed by atoms with van der Waals surface area (Å²) in [5.41, 5.74) is 5.59. The highest BCUT2D eigenvalue weighted by molar-refractivity contribution is 7.19. The molecular formula is C36H36N6O3S. The molecule has 2 aromatic heterocycles. The van der Waals surface area contributed by atoms with Gasteiger partial charge in [0.1, 0.15) is 16.3 Å². The van der Waals surface area contributed by atoms with Gasteiger partial charge >= 0.3 is 5.97 Å². The Morgan fingerprint density at radius 3 is 2.22 bits per heavy atom. The Labute approximate surface area is 272 Å². The molecule has 3 aromatic carbocycles. The third-order valence-corrected chi connectivity index (χ3v) is 9.74. The van der Waals surface area contributed by atoms with Crippen LogP contribution in [-0.2, 0) is 9.53 Å². The summed E-state index contributed by atoms with van der Waals surface area (Å²) in [6, 6.07) is 28.1. The van der Waals surface area contributed by atoms with Crippen molar-refractivity contribution in [2.45, 2.75) is 19.4 Å². The number of anilines is 1. The van der Waals surface area contributed by atoms with Crippen LogP contribution in [0, 0.1) is 0 Å². The third-order valence-electron chi connectivity index (χ3n) is 8.57. The van der Waals surface area contributed by atoms with Crippen molar-refractivity contribution in [3.63, 3.8) is 0 Å². The van der Waals surface area contributed by atoms with Gasteiger partial charge in [0.05, 0.1) is 36.7 Å². The summed E-state index contributed by atoms with van der Waals surface area (Å²) in [5, 5.41) is 10.6. The van der Waals surface area contributed by atoms with Gasteiger partial charge in [-0.1, -0.05) is 60.7 Å². The van der Waals surface area contributed by atoms with Gasteiger partial charge in [-0.25, -0.2) is 4.99 Å². The number of thiophene rings is 1. The first kappa shape index (κ1) is 29.9. The molecule has 46 heavy (non-hydrogen) atoms.